The van der Waals surface area contributed by atoms with Crippen molar-refractivity contribution in [3.63, 3.8) is 0 Å². The number of alkyl halides is 3. The van der Waals surface area contributed by atoms with Crippen LogP contribution in [0.4, 0.5) is 18.9 Å². The zero-order valence-electron chi connectivity index (χ0n) is 15.2. The summed E-state index contributed by atoms with van der Waals surface area (Å²) >= 11 is 0. The normalized spacial score (nSPS) is 15.2. The number of fused-ring (bicyclic) bond motifs is 1. The molecule has 3 aromatic rings. The number of hydrogen-bond donors (Lipinski definition) is 2. The van der Waals surface area contributed by atoms with Gasteiger partial charge in [0.05, 0.1) is 16.8 Å². The number of nitrogens with zero attached hydrogens (tertiary/aromatic N) is 1. The number of rotatable bonds is 2. The molecule has 2 N–H and O–H groups in total. The Hall–Kier alpha value is -2.94. The third-order valence-corrected chi connectivity index (χ3v) is 5.07. The second kappa shape index (κ2) is 7.59. The molecule has 6 heteroatoms. The molecule has 0 aliphatic heterocycles. The van der Waals surface area contributed by atoms with Crippen LogP contribution < -0.4 is 5.32 Å². The van der Waals surface area contributed by atoms with Crippen LogP contribution in [-0.2, 0) is 6.18 Å². The van der Waals surface area contributed by atoms with Gasteiger partial charge in [0.1, 0.15) is 5.65 Å². The van der Waals surface area contributed by atoms with E-state index in [4.69, 9.17) is 0 Å². The van der Waals surface area contributed by atoms with E-state index >= 15 is 0 Å². The van der Waals surface area contributed by atoms with Crippen molar-refractivity contribution < 1.29 is 13.2 Å². The van der Waals surface area contributed by atoms with Gasteiger partial charge in [-0.15, -0.1) is 0 Å². The molecule has 0 spiro atoms. The van der Waals surface area contributed by atoms with Gasteiger partial charge in [-0.3, -0.25) is 0 Å². The Morgan fingerprint density at radius 2 is 1.89 bits per heavy atom. The van der Waals surface area contributed by atoms with Gasteiger partial charge < -0.3 is 10.3 Å². The molecule has 0 amide bonds. The van der Waals surface area contributed by atoms with Gasteiger partial charge in [-0.2, -0.15) is 13.2 Å². The van der Waals surface area contributed by atoms with Crippen molar-refractivity contribution >= 4 is 16.7 Å². The first-order valence-electron chi connectivity index (χ1n) is 9.42. The highest BCUT2D eigenvalue weighted by atomic mass is 19.4. The predicted molar refractivity (Wildman–Crippen MR) is 104 cm³/mol. The maximum Gasteiger partial charge on any atom is 0.416 e. The number of hydrogen-bond acceptors (Lipinski definition) is 2. The van der Waals surface area contributed by atoms with Gasteiger partial charge >= 0.3 is 6.18 Å². The summed E-state index contributed by atoms with van der Waals surface area (Å²) < 4.78 is 38.8. The van der Waals surface area contributed by atoms with E-state index in [2.05, 4.69) is 27.1 Å². The molecule has 0 atom stereocenters. The van der Waals surface area contributed by atoms with E-state index in [1.165, 1.54) is 25.3 Å². The van der Waals surface area contributed by atoms with Gasteiger partial charge in [0, 0.05) is 29.4 Å². The lowest BCUT2D eigenvalue weighted by Crippen LogP contribution is -2.22. The van der Waals surface area contributed by atoms with Crippen LogP contribution >= 0.6 is 0 Å². The van der Waals surface area contributed by atoms with Crippen LogP contribution in [0.15, 0.2) is 42.7 Å². The van der Waals surface area contributed by atoms with Crippen LogP contribution in [0.1, 0.15) is 48.8 Å². The van der Waals surface area contributed by atoms with Crippen molar-refractivity contribution in [3.05, 3.63) is 59.4 Å². The van der Waals surface area contributed by atoms with E-state index in [0.29, 0.717) is 17.2 Å². The minimum absolute atomic E-state index is 0.326. The lowest BCUT2D eigenvalue weighted by Gasteiger charge is -2.24. The van der Waals surface area contributed by atoms with E-state index in [-0.39, 0.29) is 0 Å². The van der Waals surface area contributed by atoms with Gasteiger partial charge in [0.15, 0.2) is 0 Å². The molecule has 0 bridgehead atoms. The van der Waals surface area contributed by atoms with Crippen LogP contribution in [0.2, 0.25) is 0 Å². The summed E-state index contributed by atoms with van der Waals surface area (Å²) in [7, 11) is 0. The molecule has 0 radical (unpaired) electrons. The number of aromatic amines is 1. The van der Waals surface area contributed by atoms with Crippen molar-refractivity contribution in [3.8, 4) is 11.8 Å². The third kappa shape index (κ3) is 3.99. The van der Waals surface area contributed by atoms with Crippen molar-refractivity contribution in [2.24, 2.45) is 0 Å². The Kier molecular flexibility index (Phi) is 4.99. The van der Waals surface area contributed by atoms with E-state index in [0.717, 1.165) is 41.7 Å². The quantitative estimate of drug-likeness (QED) is 0.555. The van der Waals surface area contributed by atoms with Crippen LogP contribution in [0, 0.1) is 11.8 Å². The number of halogens is 3. The molecule has 1 aliphatic carbocycles. The molecular weight excluding hydrogens is 363 g/mol. The first kappa shape index (κ1) is 18.4. The number of aromatic nitrogens is 2. The Morgan fingerprint density at radius 1 is 1.07 bits per heavy atom. The highest BCUT2D eigenvalue weighted by Crippen LogP contribution is 2.30. The van der Waals surface area contributed by atoms with Gasteiger partial charge in [-0.25, -0.2) is 4.98 Å². The van der Waals surface area contributed by atoms with Crippen LogP contribution in [0.25, 0.3) is 11.0 Å². The fraction of sp³-hybridized carbons (Fsp3) is 0.318. The maximum atomic E-state index is 12.9. The molecule has 0 unspecified atom stereocenters. The summed E-state index contributed by atoms with van der Waals surface area (Å²) in [4.78, 5) is 7.48. The summed E-state index contributed by atoms with van der Waals surface area (Å²) in [6, 6.07) is 7.41. The van der Waals surface area contributed by atoms with Crippen molar-refractivity contribution in [2.45, 2.75) is 44.3 Å². The zero-order valence-corrected chi connectivity index (χ0v) is 15.2. The molecule has 1 aliphatic rings. The molecule has 0 saturated heterocycles. The van der Waals surface area contributed by atoms with Gasteiger partial charge in [0.25, 0.3) is 0 Å². The van der Waals surface area contributed by atoms with E-state index in [1.807, 2.05) is 12.3 Å². The van der Waals surface area contributed by atoms with E-state index in [1.54, 1.807) is 12.3 Å². The Bertz CT molecular complexity index is 1030. The van der Waals surface area contributed by atoms with Crippen molar-refractivity contribution in [2.75, 3.05) is 5.32 Å². The fourth-order valence-electron chi connectivity index (χ4n) is 3.62. The second-order valence-corrected chi connectivity index (χ2v) is 7.09. The van der Waals surface area contributed by atoms with Crippen LogP contribution in [0.3, 0.4) is 0 Å². The van der Waals surface area contributed by atoms with Crippen molar-refractivity contribution in [1.82, 2.24) is 9.97 Å². The average Bonchev–Trinajstić information content (AvgIpc) is 3.17. The SMILES string of the molecule is FC(F)(F)c1cccc(C#Cc2cnc3[nH]ccc3c2NC2CCCCC2)c1. The minimum atomic E-state index is -4.38. The second-order valence-electron chi connectivity index (χ2n) is 7.09. The van der Waals surface area contributed by atoms with E-state index < -0.39 is 11.7 Å². The first-order chi connectivity index (χ1) is 13.5. The highest BCUT2D eigenvalue weighted by molar-refractivity contribution is 5.92. The monoisotopic (exact) mass is 383 g/mol. The van der Waals surface area contributed by atoms with Gasteiger partial charge in [-0.05, 0) is 37.1 Å². The largest absolute Gasteiger partial charge is 0.416 e. The summed E-state index contributed by atoms with van der Waals surface area (Å²) in [6.07, 6.45) is 4.99. The molecule has 1 saturated carbocycles. The summed E-state index contributed by atoms with van der Waals surface area (Å²) in [6.45, 7) is 0. The lowest BCUT2D eigenvalue weighted by molar-refractivity contribution is -0.137. The molecule has 144 valence electrons. The van der Waals surface area contributed by atoms with Gasteiger partial charge in [-0.1, -0.05) is 37.2 Å². The highest BCUT2D eigenvalue weighted by Gasteiger charge is 2.30. The molecule has 2 aromatic heterocycles. The Labute approximate surface area is 161 Å². The minimum Gasteiger partial charge on any atom is -0.381 e. The number of pyridine rings is 1. The Balaban J connectivity index is 1.69. The molecule has 1 aromatic carbocycles. The van der Waals surface area contributed by atoms with Crippen molar-refractivity contribution in [1.29, 1.82) is 0 Å². The molecule has 3 nitrogen and oxygen atoms in total. The fourth-order valence-corrected chi connectivity index (χ4v) is 3.62. The van der Waals surface area contributed by atoms with Crippen LogP contribution in [0.5, 0.6) is 0 Å². The standard InChI is InChI=1S/C22H20F3N3/c23-22(24,25)17-6-4-5-15(13-17)9-10-16-14-27-21-19(11-12-26-21)20(16)28-18-7-2-1-3-8-18/h4-6,11-14,18H,1-3,7-8H2,(H2,26,27,28). The number of anilines is 1. The van der Waals surface area contributed by atoms with Gasteiger partial charge in [0.2, 0.25) is 0 Å². The molecule has 4 rings (SSSR count). The third-order valence-electron chi connectivity index (χ3n) is 5.07. The number of benzene rings is 1. The summed E-state index contributed by atoms with van der Waals surface area (Å²) in [5.41, 5.74) is 1.99. The lowest BCUT2D eigenvalue weighted by atomic mass is 9.95. The smallest absolute Gasteiger partial charge is 0.381 e. The molecular formula is C22H20F3N3. The maximum absolute atomic E-state index is 12.9. The predicted octanol–water partition coefficient (Wildman–Crippen LogP) is 5.73. The number of nitrogens with one attached hydrogen (secondary N) is 2. The number of H-pyrrole nitrogens is 1. The molecule has 1 fully saturated rings. The molecule has 28 heavy (non-hydrogen) atoms. The average molecular weight is 383 g/mol. The molecule has 2 heterocycles. The zero-order chi connectivity index (χ0) is 19.6. The van der Waals surface area contributed by atoms with Crippen LogP contribution in [-0.4, -0.2) is 16.0 Å². The topological polar surface area (TPSA) is 40.7 Å². The summed E-state index contributed by atoms with van der Waals surface area (Å²) in [5.74, 6) is 5.89. The van der Waals surface area contributed by atoms with E-state index in [9.17, 15) is 13.2 Å². The Morgan fingerprint density at radius 3 is 2.68 bits per heavy atom. The first-order valence-corrected chi connectivity index (χ1v) is 9.42. The summed E-state index contributed by atoms with van der Waals surface area (Å²) in [5, 5.41) is 4.55.